The van der Waals surface area contributed by atoms with Crippen molar-refractivity contribution in [2.75, 3.05) is 5.75 Å². The van der Waals surface area contributed by atoms with Gasteiger partial charge in [-0.2, -0.15) is 0 Å². The topological polar surface area (TPSA) is 30.0 Å². The van der Waals surface area contributed by atoms with Crippen molar-refractivity contribution in [1.82, 2.24) is 4.98 Å². The molecule has 1 aromatic heterocycles. The Morgan fingerprint density at radius 2 is 2.18 bits per heavy atom. The smallest absolute Gasteiger partial charge is 0.0925 e. The molecule has 0 aliphatic heterocycles. The summed E-state index contributed by atoms with van der Waals surface area (Å²) in [6, 6.07) is 0. The van der Waals surface area contributed by atoms with Gasteiger partial charge in [-0.05, 0) is 25.2 Å². The van der Waals surface area contributed by atoms with E-state index in [1.54, 1.807) is 11.3 Å². The molecule has 1 atom stereocenters. The lowest BCUT2D eigenvalue weighted by atomic mass is 9.91. The molecule has 0 aromatic carbocycles. The summed E-state index contributed by atoms with van der Waals surface area (Å²) in [4.78, 5) is 4.49. The average Bonchev–Trinajstić information content (AvgIpc) is 2.78. The highest BCUT2D eigenvalue weighted by Gasteiger charge is 2.16. The molecular weight excluding hydrogens is 250 g/mol. The maximum Gasteiger partial charge on any atom is 0.0925 e. The van der Waals surface area contributed by atoms with Crippen LogP contribution in [0.5, 0.6) is 0 Å². The zero-order valence-corrected chi connectivity index (χ0v) is 12.1. The summed E-state index contributed by atoms with van der Waals surface area (Å²) in [7, 11) is -0.713. The van der Waals surface area contributed by atoms with E-state index in [-0.39, 0.29) is 0 Å². The van der Waals surface area contributed by atoms with Crippen LogP contribution in [-0.4, -0.2) is 14.9 Å². The zero-order chi connectivity index (χ0) is 12.1. The van der Waals surface area contributed by atoms with Crippen molar-refractivity contribution in [2.45, 2.75) is 51.2 Å². The molecule has 1 aromatic rings. The van der Waals surface area contributed by atoms with E-state index < -0.39 is 10.8 Å². The van der Waals surface area contributed by atoms with Gasteiger partial charge in [0, 0.05) is 21.9 Å². The monoisotopic (exact) mass is 271 g/mol. The lowest BCUT2D eigenvalue weighted by Crippen LogP contribution is -2.15. The van der Waals surface area contributed by atoms with Crippen LogP contribution >= 0.6 is 11.3 Å². The van der Waals surface area contributed by atoms with Crippen LogP contribution in [0, 0.1) is 5.92 Å². The first-order chi connectivity index (χ1) is 8.28. The van der Waals surface area contributed by atoms with Gasteiger partial charge < -0.3 is 0 Å². The molecule has 1 fully saturated rings. The van der Waals surface area contributed by atoms with Crippen LogP contribution in [0.1, 0.15) is 49.7 Å². The maximum atomic E-state index is 12.1. The van der Waals surface area contributed by atoms with Gasteiger partial charge in [-0.1, -0.05) is 26.2 Å². The molecule has 0 spiro atoms. The fourth-order valence-electron chi connectivity index (χ4n) is 2.42. The molecule has 0 N–H and O–H groups in total. The fourth-order valence-corrected chi connectivity index (χ4v) is 4.72. The molecule has 1 unspecified atom stereocenters. The van der Waals surface area contributed by atoms with Gasteiger partial charge in [-0.3, -0.25) is 4.21 Å². The number of aromatic nitrogens is 1. The summed E-state index contributed by atoms with van der Waals surface area (Å²) in [5.74, 6) is 2.25. The predicted molar refractivity (Wildman–Crippen MR) is 74.8 cm³/mol. The molecule has 1 saturated carbocycles. The highest BCUT2D eigenvalue weighted by atomic mass is 32.2. The molecule has 96 valence electrons. The predicted octanol–water partition coefficient (Wildman–Crippen LogP) is 3.53. The molecule has 4 heteroatoms. The largest absolute Gasteiger partial charge is 0.259 e. The van der Waals surface area contributed by atoms with E-state index in [9.17, 15) is 4.21 Å². The highest BCUT2D eigenvalue weighted by Crippen LogP contribution is 2.25. The minimum atomic E-state index is -0.713. The van der Waals surface area contributed by atoms with Gasteiger partial charge in [0.15, 0.2) is 0 Å². The number of hydrogen-bond acceptors (Lipinski definition) is 3. The SMILES string of the molecule is CCc1nc(CS(=O)CC2CCCCC2)cs1. The van der Waals surface area contributed by atoms with Crippen LogP contribution in [0.25, 0.3) is 0 Å². The molecular formula is C13H21NOS2. The van der Waals surface area contributed by atoms with Crippen molar-refractivity contribution in [3.05, 3.63) is 16.1 Å². The van der Waals surface area contributed by atoms with Gasteiger partial charge in [0.1, 0.15) is 0 Å². The van der Waals surface area contributed by atoms with E-state index in [1.165, 1.54) is 32.1 Å². The Balaban J connectivity index is 1.79. The summed E-state index contributed by atoms with van der Waals surface area (Å²) < 4.78 is 12.1. The van der Waals surface area contributed by atoms with E-state index in [1.807, 2.05) is 0 Å². The summed E-state index contributed by atoms with van der Waals surface area (Å²) >= 11 is 1.69. The third-order valence-electron chi connectivity index (χ3n) is 3.36. The lowest BCUT2D eigenvalue weighted by Gasteiger charge is -2.20. The van der Waals surface area contributed by atoms with E-state index >= 15 is 0 Å². The van der Waals surface area contributed by atoms with E-state index in [0.29, 0.717) is 11.7 Å². The molecule has 0 bridgehead atoms. The molecule has 1 heterocycles. The third-order valence-corrected chi connectivity index (χ3v) is 5.86. The number of nitrogens with zero attached hydrogens (tertiary/aromatic N) is 1. The molecule has 1 aliphatic carbocycles. The number of thiazole rings is 1. The lowest BCUT2D eigenvalue weighted by molar-refractivity contribution is 0.388. The Morgan fingerprint density at radius 3 is 2.82 bits per heavy atom. The average molecular weight is 271 g/mol. The zero-order valence-electron chi connectivity index (χ0n) is 10.5. The van der Waals surface area contributed by atoms with Crippen LogP contribution in [-0.2, 0) is 23.0 Å². The molecule has 0 amide bonds. The van der Waals surface area contributed by atoms with Crippen molar-refractivity contribution >= 4 is 22.1 Å². The Bertz CT molecular complexity index is 369. The van der Waals surface area contributed by atoms with E-state index in [0.717, 1.165) is 22.9 Å². The van der Waals surface area contributed by atoms with Crippen LogP contribution in [0.4, 0.5) is 0 Å². The summed E-state index contributed by atoms with van der Waals surface area (Å²) in [6.07, 6.45) is 7.58. The number of hydrogen-bond donors (Lipinski definition) is 0. The van der Waals surface area contributed by atoms with Crippen molar-refractivity contribution in [1.29, 1.82) is 0 Å². The second-order valence-electron chi connectivity index (χ2n) is 4.84. The van der Waals surface area contributed by atoms with E-state index in [4.69, 9.17) is 0 Å². The quantitative estimate of drug-likeness (QED) is 0.820. The van der Waals surface area contributed by atoms with Crippen LogP contribution in [0.15, 0.2) is 5.38 Å². The molecule has 17 heavy (non-hydrogen) atoms. The first kappa shape index (κ1) is 13.2. The standard InChI is InChI=1S/C13H21NOS2/c1-2-13-14-12(8-16-13)10-17(15)9-11-6-4-3-5-7-11/h8,11H,2-7,9-10H2,1H3. The van der Waals surface area contributed by atoms with Gasteiger partial charge >= 0.3 is 0 Å². The van der Waals surface area contributed by atoms with Crippen molar-refractivity contribution in [3.8, 4) is 0 Å². The molecule has 2 nitrogen and oxygen atoms in total. The van der Waals surface area contributed by atoms with Crippen LogP contribution in [0.3, 0.4) is 0 Å². The second-order valence-corrected chi connectivity index (χ2v) is 7.29. The normalized spacial score (nSPS) is 19.4. The Labute approximate surface area is 110 Å². The van der Waals surface area contributed by atoms with E-state index in [2.05, 4.69) is 17.3 Å². The van der Waals surface area contributed by atoms with Crippen molar-refractivity contribution < 1.29 is 4.21 Å². The first-order valence-corrected chi connectivity index (χ1v) is 8.93. The summed E-state index contributed by atoms with van der Waals surface area (Å²) in [5, 5.41) is 3.23. The third kappa shape index (κ3) is 4.18. The Hall–Kier alpha value is -0.220. The number of aryl methyl sites for hydroxylation is 1. The number of rotatable bonds is 5. The van der Waals surface area contributed by atoms with Crippen LogP contribution < -0.4 is 0 Å². The van der Waals surface area contributed by atoms with Gasteiger partial charge in [-0.15, -0.1) is 11.3 Å². The highest BCUT2D eigenvalue weighted by molar-refractivity contribution is 7.84. The Kier molecular flexibility index (Phi) is 5.16. The minimum Gasteiger partial charge on any atom is -0.259 e. The van der Waals surface area contributed by atoms with Gasteiger partial charge in [0.05, 0.1) is 16.5 Å². The summed E-state index contributed by atoms with van der Waals surface area (Å²) in [6.45, 7) is 2.11. The maximum absolute atomic E-state index is 12.1. The van der Waals surface area contributed by atoms with Gasteiger partial charge in [-0.25, -0.2) is 4.98 Å². The van der Waals surface area contributed by atoms with Gasteiger partial charge in [0.25, 0.3) is 0 Å². The molecule has 0 radical (unpaired) electrons. The van der Waals surface area contributed by atoms with Crippen molar-refractivity contribution in [3.63, 3.8) is 0 Å². The minimum absolute atomic E-state index is 0.660. The van der Waals surface area contributed by atoms with Gasteiger partial charge in [0.2, 0.25) is 0 Å². The fraction of sp³-hybridized carbons (Fsp3) is 0.769. The van der Waals surface area contributed by atoms with Crippen molar-refractivity contribution in [2.24, 2.45) is 5.92 Å². The molecule has 2 rings (SSSR count). The molecule has 0 saturated heterocycles. The summed E-state index contributed by atoms with van der Waals surface area (Å²) in [5.41, 5.74) is 1.03. The molecule has 1 aliphatic rings. The first-order valence-electron chi connectivity index (χ1n) is 6.56. The van der Waals surface area contributed by atoms with Crippen LogP contribution in [0.2, 0.25) is 0 Å². The Morgan fingerprint density at radius 1 is 1.41 bits per heavy atom. The second kappa shape index (κ2) is 6.64.